The van der Waals surface area contributed by atoms with E-state index in [1.54, 1.807) is 128 Å². The summed E-state index contributed by atoms with van der Waals surface area (Å²) in [6.07, 6.45) is -3.59. The molecule has 10 heterocycles. The molecule has 6 aromatic heterocycles. The zero-order valence-corrected chi connectivity index (χ0v) is 78.9. The highest BCUT2D eigenvalue weighted by Crippen LogP contribution is 2.57. The van der Waals surface area contributed by atoms with E-state index in [1.165, 1.54) is 25.4 Å². The first-order valence-electron chi connectivity index (χ1n) is 39.4. The summed E-state index contributed by atoms with van der Waals surface area (Å²) in [5, 5.41) is 43.3. The van der Waals surface area contributed by atoms with E-state index < -0.39 is 132 Å². The lowest BCUT2D eigenvalue weighted by Crippen LogP contribution is -2.44. The van der Waals surface area contributed by atoms with Gasteiger partial charge < -0.3 is 71.1 Å². The number of aliphatic hydroxyl groups is 1. The van der Waals surface area contributed by atoms with Crippen molar-refractivity contribution in [2.75, 3.05) is 69.5 Å². The number of tetrazole rings is 2. The van der Waals surface area contributed by atoms with Crippen LogP contribution in [0.1, 0.15) is 118 Å². The average Bonchev–Trinajstić information content (AvgIpc) is 1.60. The molecule has 121 heavy (non-hydrogen) atoms. The summed E-state index contributed by atoms with van der Waals surface area (Å²) in [7, 11) is -8.85. The number of aromatic nitrogens is 16. The molecule has 0 spiro atoms. The highest BCUT2D eigenvalue weighted by atomic mass is 35.5. The average molecular weight is 1840 g/mol. The predicted molar refractivity (Wildman–Crippen MR) is 454 cm³/mol. The second kappa shape index (κ2) is 38.6. The van der Waals surface area contributed by atoms with E-state index in [2.05, 4.69) is 95.4 Å². The van der Waals surface area contributed by atoms with Gasteiger partial charge in [-0.15, -0.1) is 10.2 Å². The van der Waals surface area contributed by atoms with Crippen molar-refractivity contribution in [3.8, 4) is 0 Å². The summed E-state index contributed by atoms with van der Waals surface area (Å²) in [6.45, 7) is 40.6. The van der Waals surface area contributed by atoms with Crippen LogP contribution in [-0.2, 0) is 115 Å². The summed E-state index contributed by atoms with van der Waals surface area (Å²) in [5.41, 5.74) is 0.165. The third-order valence-corrected chi connectivity index (χ3v) is 29.6. The van der Waals surface area contributed by atoms with Crippen molar-refractivity contribution >= 4 is 129 Å². The molecule has 4 aliphatic rings. The summed E-state index contributed by atoms with van der Waals surface area (Å²) < 4.78 is 110. The Morgan fingerprint density at radius 3 is 1.29 bits per heavy atom. The first-order chi connectivity index (χ1) is 56.4. The maximum Gasteiger partial charge on any atom is 0.416 e. The Balaban J connectivity index is 0.000000246. The third-order valence-electron chi connectivity index (χ3n) is 20.2. The normalized spacial score (nSPS) is 21.3. The Labute approximate surface area is 724 Å². The molecule has 45 heteroatoms. The number of rotatable bonds is 32. The number of ether oxygens (including phenoxy) is 12. The van der Waals surface area contributed by atoms with Gasteiger partial charge in [0.25, 0.3) is 0 Å². The number of carbonyl (C=O) groups excluding carboxylic acids is 4. The molecule has 4 saturated heterocycles. The Hall–Kier alpha value is -6.79. The minimum absolute atomic E-state index is 0.000701. The van der Waals surface area contributed by atoms with Gasteiger partial charge in [-0.3, -0.25) is 9.80 Å². The van der Waals surface area contributed by atoms with Crippen LogP contribution in [0.4, 0.5) is 21.2 Å². The van der Waals surface area contributed by atoms with Crippen molar-refractivity contribution in [3.05, 3.63) is 104 Å². The fourth-order valence-corrected chi connectivity index (χ4v) is 19.0. The van der Waals surface area contributed by atoms with Crippen LogP contribution in [-0.4, -0.2) is 249 Å². The molecule has 10 atom stereocenters. The topological polar surface area (TPSA) is 414 Å². The summed E-state index contributed by atoms with van der Waals surface area (Å²) >= 11 is 26.3. The van der Waals surface area contributed by atoms with Crippen LogP contribution >= 0.6 is 60.7 Å². The van der Waals surface area contributed by atoms with E-state index in [9.17, 15) is 23.8 Å². The van der Waals surface area contributed by atoms with Crippen molar-refractivity contribution in [2.24, 2.45) is 0 Å². The van der Waals surface area contributed by atoms with Crippen molar-refractivity contribution in [3.63, 3.8) is 0 Å². The smallest absolute Gasteiger partial charge is 0.416 e. The number of carbonyl (C=O) groups is 2. The quantitative estimate of drug-likeness (QED) is 0.0177. The van der Waals surface area contributed by atoms with E-state index in [0.717, 1.165) is 12.1 Å². The van der Waals surface area contributed by atoms with Crippen LogP contribution in [0.2, 0.25) is 72.0 Å². The van der Waals surface area contributed by atoms with Gasteiger partial charge in [0.05, 0.1) is 56.1 Å². The molecule has 2 unspecified atom stereocenters. The number of hydrogen-bond acceptors (Lipinski definition) is 31. The molecular weight excluding hydrogens is 1730 g/mol. The van der Waals surface area contributed by atoms with Gasteiger partial charge in [-0.25, -0.2) is 28.3 Å². The van der Waals surface area contributed by atoms with Gasteiger partial charge in [0, 0.05) is 52.2 Å². The molecule has 2 aromatic carbocycles. The van der Waals surface area contributed by atoms with E-state index in [0.29, 0.717) is 63.2 Å². The van der Waals surface area contributed by atoms with Crippen LogP contribution < -0.4 is 9.80 Å². The highest BCUT2D eigenvalue weighted by molar-refractivity contribution is 7.64. The van der Waals surface area contributed by atoms with E-state index in [4.69, 9.17) is 118 Å². The largest absolute Gasteiger partial charge is 0.443 e. The van der Waals surface area contributed by atoms with Gasteiger partial charge in [-0.2, -0.15) is 39.7 Å². The lowest BCUT2D eigenvalue weighted by atomic mass is 10.1. The fraction of sp³-hybridized carbons (Fsp3) is 0.645. The Morgan fingerprint density at radius 1 is 0.579 bits per heavy atom. The minimum Gasteiger partial charge on any atom is -0.443 e. The monoisotopic (exact) mass is 1840 g/mol. The molecule has 4 aliphatic heterocycles. The van der Waals surface area contributed by atoms with Crippen molar-refractivity contribution in [2.45, 2.75) is 256 Å². The number of aliphatic hydroxyl groups excluding tert-OH is 1. The number of benzene rings is 2. The van der Waals surface area contributed by atoms with Crippen LogP contribution in [0.15, 0.2) is 60.9 Å². The van der Waals surface area contributed by atoms with Gasteiger partial charge in [0.15, 0.2) is 64.0 Å². The molecule has 2 amide bonds. The van der Waals surface area contributed by atoms with E-state index in [1.807, 2.05) is 39.0 Å². The van der Waals surface area contributed by atoms with Crippen LogP contribution in [0.25, 0.3) is 22.1 Å². The maximum atomic E-state index is 14.2. The third kappa shape index (κ3) is 24.1. The zero-order valence-electron chi connectivity index (χ0n) is 72.0. The standard InChI is InChI=1S/C38H56Cl2N9O8PSi.C37H54Cl2N9O9PSi.CO2/c1-12-38(58(7,8)51,19-28-44-45-46-48(28)23-52-17-18-59(9,10)11)53-22-27-29-30(56-37(5,6)55-29)33(54-27)49-32-25(20-41-49)31(42-34(40)43-32)47(35(50)57-36(2,3)4)21-24-15-13-14-16-26(24)39;1-35(2,3)57-34(50)46(19-23-13-11-12-14-25(23)38)30-24-18-40-48(31(24)42-33(39)41-30)32-29-28(55-36(4,5)56-29)26(54-32)20-53-37(21-49,58(6,7)51)17-27-43-44-45-47(27)22-52-15-16-59(8,9)10;2-1-3/h13-16,20,27,29-30,33H,12,17-19,21-23H2,1-11H3;11-14,18,26,28-29,32,49H,15-17,19-22H2,1-10H3;/t27-,29-,30-,33-,38?;26-,28-,29-,32-,37?;/m11./s1. The van der Waals surface area contributed by atoms with Gasteiger partial charge >= 0.3 is 18.3 Å². The van der Waals surface area contributed by atoms with Gasteiger partial charge in [-0.1, -0.05) is 106 Å². The molecule has 0 aliphatic carbocycles. The first kappa shape index (κ1) is 96.4. The van der Waals surface area contributed by atoms with Crippen molar-refractivity contribution in [1.29, 1.82) is 0 Å². The molecule has 8 aromatic rings. The number of fused-ring (bicyclic) bond motifs is 4. The second-order valence-corrected chi connectivity index (χ2v) is 55.7. The van der Waals surface area contributed by atoms with Gasteiger partial charge in [-0.05, 0) is 182 Å². The van der Waals surface area contributed by atoms with Gasteiger partial charge in [0.2, 0.25) is 10.6 Å². The second-order valence-electron chi connectivity index (χ2n) is 35.9. The molecule has 4 fully saturated rings. The Bertz CT molecular complexity index is 4760. The molecule has 664 valence electrons. The summed E-state index contributed by atoms with van der Waals surface area (Å²) in [5.74, 6) is -0.878. The molecule has 0 bridgehead atoms. The zero-order chi connectivity index (χ0) is 89.0. The van der Waals surface area contributed by atoms with Crippen LogP contribution in [0, 0.1) is 0 Å². The highest BCUT2D eigenvalue weighted by Gasteiger charge is 2.60. The van der Waals surface area contributed by atoms with Crippen molar-refractivity contribution in [1.82, 2.24) is 79.9 Å². The lowest BCUT2D eigenvalue weighted by Gasteiger charge is -2.37. The summed E-state index contributed by atoms with van der Waals surface area (Å²) in [6, 6.07) is 16.3. The predicted octanol–water partition coefficient (Wildman–Crippen LogP) is 13.6. The van der Waals surface area contributed by atoms with Gasteiger partial charge in [0.1, 0.15) is 80.9 Å². The summed E-state index contributed by atoms with van der Waals surface area (Å²) in [4.78, 5) is 64.6. The number of hydrogen-bond donors (Lipinski definition) is 1. The number of halogens is 4. The molecule has 12 rings (SSSR count). The van der Waals surface area contributed by atoms with Crippen molar-refractivity contribution < 1.29 is 90.3 Å². The molecule has 37 nitrogen and oxygen atoms in total. The minimum atomic E-state index is -3.24. The number of nitrogens with zero attached hydrogens (tertiary/aromatic N) is 18. The maximum absolute atomic E-state index is 14.2. The molecular formula is C76H110Cl4N18O19P2Si2. The molecule has 1 N–H and O–H groups in total. The fourth-order valence-electron chi connectivity index (χ4n) is 13.8. The first-order valence-corrected chi connectivity index (χ1v) is 53.5. The molecule has 0 radical (unpaired) electrons. The number of anilines is 2. The Morgan fingerprint density at radius 2 is 0.942 bits per heavy atom. The van der Waals surface area contributed by atoms with E-state index >= 15 is 0 Å². The number of amides is 2. The Kier molecular flexibility index (Phi) is 30.7. The lowest BCUT2D eigenvalue weighted by molar-refractivity contribution is -0.206. The van der Waals surface area contributed by atoms with Crippen LogP contribution in [0.3, 0.4) is 0 Å². The SMILES string of the molecule is CC(C)(C)OC(=O)N(Cc1ccccc1Cl)c1nc(Cl)nc2c1cnn2[C@@H]1O[C@H](COC(CO)(Cc2nnnn2COCC[Si](C)(C)C)P(C)(C)=O)[C@H]2OC(C)(C)O[C@H]21.CCC(Cc1nnnn1COCC[Si](C)(C)C)(OC[C@H]1O[C@@H](n2ncc3c(N(Cc4ccccc4Cl)C(=O)OC(C)(C)C)nc(Cl)nc32)[C@@H]2OC(C)(C)O[C@@H]21)P(C)(C)=O.O=C=O. The van der Waals surface area contributed by atoms with E-state index in [-0.39, 0.29) is 92.3 Å². The molecule has 0 saturated carbocycles. The van der Waals surface area contributed by atoms with Crippen LogP contribution in [0.5, 0.6) is 0 Å².